The van der Waals surface area contributed by atoms with E-state index in [0.29, 0.717) is 0 Å². The van der Waals surface area contributed by atoms with Crippen LogP contribution < -0.4 is 10.9 Å². The molecule has 0 atom stereocenters. The molecule has 3 rings (SSSR count). The van der Waals surface area contributed by atoms with E-state index in [-0.39, 0.29) is 35.8 Å². The number of rotatable bonds is 6. The molecule has 148 valence electrons. The van der Waals surface area contributed by atoms with E-state index in [9.17, 15) is 18.8 Å². The fourth-order valence-electron chi connectivity index (χ4n) is 2.79. The van der Waals surface area contributed by atoms with Crippen molar-refractivity contribution in [1.82, 2.24) is 4.57 Å². The average molecular weight is 394 g/mol. The summed E-state index contributed by atoms with van der Waals surface area (Å²) in [5.41, 5.74) is 0.601. The molecule has 0 saturated heterocycles. The molecule has 1 aromatic heterocycles. The molecule has 1 heterocycles. The Morgan fingerprint density at radius 2 is 1.69 bits per heavy atom. The Labute approximate surface area is 166 Å². The highest BCUT2D eigenvalue weighted by molar-refractivity contribution is 6.07. The number of esters is 1. The highest BCUT2D eigenvalue weighted by Gasteiger charge is 2.17. The number of benzene rings is 2. The Hall–Kier alpha value is -3.74. The third kappa shape index (κ3) is 4.76. The van der Waals surface area contributed by atoms with E-state index < -0.39 is 17.4 Å². The molecular weight excluding hydrogens is 375 g/mol. The third-order valence-electron chi connectivity index (χ3n) is 4.20. The van der Waals surface area contributed by atoms with E-state index >= 15 is 0 Å². The molecule has 3 aromatic rings. The number of nitrogens with one attached hydrogen (secondary N) is 1. The van der Waals surface area contributed by atoms with E-state index in [0.717, 1.165) is 5.56 Å². The van der Waals surface area contributed by atoms with Crippen molar-refractivity contribution >= 4 is 17.6 Å². The number of nitrogens with zero attached hydrogens (tertiary/aromatic N) is 1. The van der Waals surface area contributed by atoms with E-state index in [1.807, 2.05) is 0 Å². The first kappa shape index (κ1) is 20.0. The lowest BCUT2D eigenvalue weighted by Crippen LogP contribution is -2.29. The second-order valence-corrected chi connectivity index (χ2v) is 6.20. The lowest BCUT2D eigenvalue weighted by atomic mass is 10.1. The van der Waals surface area contributed by atoms with Crippen molar-refractivity contribution in [2.45, 2.75) is 13.5 Å². The van der Waals surface area contributed by atoms with Gasteiger partial charge in [-0.1, -0.05) is 24.3 Å². The van der Waals surface area contributed by atoms with Crippen molar-refractivity contribution in [3.8, 4) is 0 Å². The molecule has 0 aliphatic carbocycles. The Balaban J connectivity index is 1.85. The van der Waals surface area contributed by atoms with Crippen LogP contribution in [0.1, 0.15) is 33.2 Å². The van der Waals surface area contributed by atoms with E-state index in [4.69, 9.17) is 4.74 Å². The molecule has 0 aliphatic heterocycles. The van der Waals surface area contributed by atoms with Crippen LogP contribution in [0.3, 0.4) is 0 Å². The maximum atomic E-state index is 13.1. The third-order valence-corrected chi connectivity index (χ3v) is 4.20. The van der Waals surface area contributed by atoms with Gasteiger partial charge in [0.25, 0.3) is 11.5 Å². The summed E-state index contributed by atoms with van der Waals surface area (Å²) >= 11 is 0. The molecule has 0 radical (unpaired) electrons. The number of carbonyl (C=O) groups is 2. The SMILES string of the molecule is CCOC(=O)c1ccccc1NC(=O)c1cccn(Cc2ccc(F)cc2)c1=O. The molecule has 0 spiro atoms. The van der Waals surface area contributed by atoms with Crippen LogP contribution in [0.15, 0.2) is 71.7 Å². The second-order valence-electron chi connectivity index (χ2n) is 6.20. The summed E-state index contributed by atoms with van der Waals surface area (Å²) in [5, 5.41) is 2.60. The van der Waals surface area contributed by atoms with Crippen molar-refractivity contribution in [3.63, 3.8) is 0 Å². The maximum absolute atomic E-state index is 13.1. The Bertz CT molecular complexity index is 1090. The van der Waals surface area contributed by atoms with Gasteiger partial charge in [-0.05, 0) is 48.9 Å². The van der Waals surface area contributed by atoms with Crippen LogP contribution in [0.2, 0.25) is 0 Å². The summed E-state index contributed by atoms with van der Waals surface area (Å²) in [4.78, 5) is 37.5. The van der Waals surface area contributed by atoms with Gasteiger partial charge < -0.3 is 14.6 Å². The number of pyridine rings is 1. The minimum Gasteiger partial charge on any atom is -0.462 e. The minimum atomic E-state index is -0.639. The fraction of sp³-hybridized carbons (Fsp3) is 0.136. The predicted octanol–water partition coefficient (Wildman–Crippen LogP) is 3.46. The monoisotopic (exact) mass is 394 g/mol. The lowest BCUT2D eigenvalue weighted by molar-refractivity contribution is 0.0527. The number of aromatic nitrogens is 1. The molecule has 0 bridgehead atoms. The van der Waals surface area contributed by atoms with Gasteiger partial charge in [-0.2, -0.15) is 0 Å². The number of anilines is 1. The van der Waals surface area contributed by atoms with Crippen LogP contribution in [0.4, 0.5) is 10.1 Å². The molecule has 6 nitrogen and oxygen atoms in total. The van der Waals surface area contributed by atoms with E-state index in [1.54, 1.807) is 49.5 Å². The van der Waals surface area contributed by atoms with Crippen LogP contribution in [-0.4, -0.2) is 23.1 Å². The maximum Gasteiger partial charge on any atom is 0.340 e. The Morgan fingerprint density at radius 1 is 1.00 bits per heavy atom. The number of amides is 1. The quantitative estimate of drug-likeness (QED) is 0.650. The summed E-state index contributed by atoms with van der Waals surface area (Å²) in [6.45, 7) is 2.08. The number of para-hydroxylation sites is 1. The normalized spacial score (nSPS) is 10.4. The van der Waals surface area contributed by atoms with E-state index in [2.05, 4.69) is 5.32 Å². The van der Waals surface area contributed by atoms with Crippen LogP contribution in [-0.2, 0) is 11.3 Å². The highest BCUT2D eigenvalue weighted by atomic mass is 19.1. The zero-order valence-corrected chi connectivity index (χ0v) is 15.7. The predicted molar refractivity (Wildman–Crippen MR) is 107 cm³/mol. The van der Waals surface area contributed by atoms with Crippen LogP contribution in [0, 0.1) is 5.82 Å². The summed E-state index contributed by atoms with van der Waals surface area (Å²) in [6.07, 6.45) is 1.55. The van der Waals surface area contributed by atoms with Gasteiger partial charge in [-0.25, -0.2) is 9.18 Å². The number of ether oxygens (including phenoxy) is 1. The van der Waals surface area contributed by atoms with Crippen LogP contribution >= 0.6 is 0 Å². The van der Waals surface area contributed by atoms with Gasteiger partial charge in [0.15, 0.2) is 0 Å². The molecular formula is C22H19FN2O4. The summed E-state index contributed by atoms with van der Waals surface area (Å²) in [5.74, 6) is -1.57. The summed E-state index contributed by atoms with van der Waals surface area (Å²) in [6, 6.07) is 15.2. The largest absolute Gasteiger partial charge is 0.462 e. The molecule has 1 N–H and O–H groups in total. The van der Waals surface area contributed by atoms with Gasteiger partial charge in [0.05, 0.1) is 24.4 Å². The first-order chi connectivity index (χ1) is 14.0. The standard InChI is InChI=1S/C22H19FN2O4/c1-2-29-22(28)17-6-3-4-8-19(17)24-20(26)18-7-5-13-25(21(18)27)14-15-9-11-16(23)12-10-15/h3-13H,2,14H2,1H3,(H,24,26). The van der Waals surface area contributed by atoms with Gasteiger partial charge in [0.1, 0.15) is 11.4 Å². The number of halogens is 1. The summed E-state index contributed by atoms with van der Waals surface area (Å²) < 4.78 is 19.4. The first-order valence-corrected chi connectivity index (χ1v) is 9.01. The molecule has 29 heavy (non-hydrogen) atoms. The number of carbonyl (C=O) groups excluding carboxylic acids is 2. The van der Waals surface area contributed by atoms with E-state index in [1.165, 1.54) is 28.8 Å². The molecule has 0 aliphatic rings. The van der Waals surface area contributed by atoms with Gasteiger partial charge in [0.2, 0.25) is 0 Å². The van der Waals surface area contributed by atoms with Crippen molar-refractivity contribution in [3.05, 3.63) is 99.7 Å². The smallest absolute Gasteiger partial charge is 0.340 e. The highest BCUT2D eigenvalue weighted by Crippen LogP contribution is 2.17. The van der Waals surface area contributed by atoms with Gasteiger partial charge >= 0.3 is 5.97 Å². The zero-order chi connectivity index (χ0) is 20.8. The van der Waals surface area contributed by atoms with Crippen molar-refractivity contribution in [1.29, 1.82) is 0 Å². The van der Waals surface area contributed by atoms with Crippen LogP contribution in [0.5, 0.6) is 0 Å². The van der Waals surface area contributed by atoms with Gasteiger partial charge in [-0.3, -0.25) is 9.59 Å². The van der Waals surface area contributed by atoms with Crippen LogP contribution in [0.25, 0.3) is 0 Å². The van der Waals surface area contributed by atoms with Crippen molar-refractivity contribution in [2.24, 2.45) is 0 Å². The second kappa shape index (κ2) is 8.97. The van der Waals surface area contributed by atoms with Gasteiger partial charge in [-0.15, -0.1) is 0 Å². The topological polar surface area (TPSA) is 77.4 Å². The first-order valence-electron chi connectivity index (χ1n) is 9.01. The minimum absolute atomic E-state index is 0.0757. The van der Waals surface area contributed by atoms with Crippen molar-refractivity contribution < 1.29 is 18.7 Å². The fourth-order valence-corrected chi connectivity index (χ4v) is 2.79. The molecule has 0 unspecified atom stereocenters. The molecule has 0 saturated carbocycles. The lowest BCUT2D eigenvalue weighted by Gasteiger charge is -2.11. The molecule has 2 aromatic carbocycles. The molecule has 0 fully saturated rings. The number of hydrogen-bond donors (Lipinski definition) is 1. The summed E-state index contributed by atoms with van der Waals surface area (Å²) in [7, 11) is 0. The van der Waals surface area contributed by atoms with Gasteiger partial charge in [0, 0.05) is 6.20 Å². The average Bonchev–Trinajstić information content (AvgIpc) is 2.71. The Morgan fingerprint density at radius 3 is 2.41 bits per heavy atom. The zero-order valence-electron chi connectivity index (χ0n) is 15.7. The van der Waals surface area contributed by atoms with Crippen molar-refractivity contribution in [2.75, 3.05) is 11.9 Å². The molecule has 1 amide bonds. The Kier molecular flexibility index (Phi) is 6.19. The molecule has 7 heteroatoms. The number of hydrogen-bond acceptors (Lipinski definition) is 4.